The fraction of sp³-hybridized carbons (Fsp3) is 0.612. The number of carboxylic acid groups (broad SMARTS) is 1. The highest BCUT2D eigenvalue weighted by Crippen LogP contribution is 2.32. The number of likely N-dealkylation sites (tertiary alicyclic amines) is 1. The van der Waals surface area contributed by atoms with Crippen LogP contribution >= 0.6 is 11.3 Å². The number of amides is 6. The molecule has 1 aliphatic rings. The van der Waals surface area contributed by atoms with E-state index in [1.807, 2.05) is 39.6 Å². The Hall–Kier alpha value is -5.95. The van der Waals surface area contributed by atoms with Crippen LogP contribution in [-0.2, 0) is 49.6 Å². The first-order valence-corrected chi connectivity index (χ1v) is 24.7. The minimum absolute atomic E-state index is 0.00557. The average Bonchev–Trinajstić information content (AvgIpc) is 3.81. The molecule has 0 bridgehead atoms. The standard InChI is InChI=1S/C49H73N9O11S/c1-10-12-15-22-68-58(47(65)43(31(5)11-2)56-45(64)37-16-13-14-21-57(37)9)38(30(3)4)24-39(69-32(6)59)46-55-36(29-70-46)44(63)54-35(25-49(7,8)48(66)67)23-33-17-19-34(20-18-33)53-42(62)28-52-41(61)27-51-40(60)26-50/h1,17-20,29-31,35,37-39,43H,11-16,21-28,50H2,2-9H3,(H,51,60)(H,52,61)(H,53,62)(H,54,63)(H,56,64)(H,66,67)/t31-,35-,37+,38+,39+,43-/m0/s1. The van der Waals surface area contributed by atoms with Crippen molar-refractivity contribution in [2.24, 2.45) is 23.0 Å². The molecule has 0 spiro atoms. The van der Waals surface area contributed by atoms with Crippen LogP contribution in [0.25, 0.3) is 0 Å². The fourth-order valence-electron chi connectivity index (χ4n) is 7.78. The lowest BCUT2D eigenvalue weighted by Crippen LogP contribution is -2.58. The summed E-state index contributed by atoms with van der Waals surface area (Å²) in [6.45, 7) is 11.9. The molecular formula is C49H73N9O11S. The lowest BCUT2D eigenvalue weighted by atomic mass is 9.84. The minimum Gasteiger partial charge on any atom is -0.481 e. The van der Waals surface area contributed by atoms with E-state index in [0.29, 0.717) is 36.9 Å². The molecule has 1 aliphatic heterocycles. The Morgan fingerprint density at radius 1 is 1.01 bits per heavy atom. The highest BCUT2D eigenvalue weighted by Gasteiger charge is 2.40. The number of anilines is 1. The molecule has 1 aromatic heterocycles. The van der Waals surface area contributed by atoms with Crippen LogP contribution in [0, 0.1) is 29.6 Å². The number of carbonyl (C=O) groups excluding carboxylic acids is 7. The quantitative estimate of drug-likeness (QED) is 0.0279. The molecule has 1 saturated heterocycles. The number of ether oxygens (including phenoxy) is 1. The molecule has 8 N–H and O–H groups in total. The third-order valence-corrected chi connectivity index (χ3v) is 13.0. The van der Waals surface area contributed by atoms with E-state index in [2.05, 4.69) is 37.5 Å². The zero-order chi connectivity index (χ0) is 52.1. The molecule has 1 fully saturated rings. The van der Waals surface area contributed by atoms with Gasteiger partial charge >= 0.3 is 11.9 Å². The van der Waals surface area contributed by atoms with Gasteiger partial charge in [-0.05, 0) is 89.1 Å². The Balaban J connectivity index is 1.86. The number of carbonyl (C=O) groups is 8. The highest BCUT2D eigenvalue weighted by molar-refractivity contribution is 7.09. The zero-order valence-corrected chi connectivity index (χ0v) is 42.6. The molecule has 0 unspecified atom stereocenters. The van der Waals surface area contributed by atoms with Crippen LogP contribution in [0.4, 0.5) is 5.69 Å². The van der Waals surface area contributed by atoms with E-state index < -0.39 is 71.1 Å². The van der Waals surface area contributed by atoms with Gasteiger partial charge in [0.15, 0.2) is 6.10 Å². The van der Waals surface area contributed by atoms with E-state index in [0.717, 1.165) is 30.7 Å². The number of piperidine rings is 1. The second-order valence-electron chi connectivity index (χ2n) is 18.7. The number of benzene rings is 1. The Kier molecular flexibility index (Phi) is 23.9. The number of likely N-dealkylation sites (N-methyl/N-ethyl adjacent to an activating group) is 1. The van der Waals surface area contributed by atoms with E-state index >= 15 is 0 Å². The number of hydrogen-bond acceptors (Lipinski definition) is 14. The summed E-state index contributed by atoms with van der Waals surface area (Å²) in [5.74, 6) is -2.55. The van der Waals surface area contributed by atoms with Crippen molar-refractivity contribution in [1.29, 1.82) is 0 Å². The van der Waals surface area contributed by atoms with Gasteiger partial charge in [-0.2, -0.15) is 0 Å². The number of nitrogens with one attached hydrogen (secondary N) is 5. The monoisotopic (exact) mass is 996 g/mol. The van der Waals surface area contributed by atoms with Crippen molar-refractivity contribution in [2.75, 3.05) is 45.2 Å². The number of nitrogens with zero attached hydrogens (tertiary/aromatic N) is 3. The van der Waals surface area contributed by atoms with Crippen molar-refractivity contribution in [1.82, 2.24) is 36.2 Å². The van der Waals surface area contributed by atoms with Gasteiger partial charge in [0.05, 0.1) is 43.7 Å². The molecule has 3 rings (SSSR count). The van der Waals surface area contributed by atoms with Crippen LogP contribution < -0.4 is 32.3 Å². The predicted octanol–water partition coefficient (Wildman–Crippen LogP) is 3.32. The Morgan fingerprint density at radius 2 is 1.69 bits per heavy atom. The van der Waals surface area contributed by atoms with Gasteiger partial charge < -0.3 is 42.2 Å². The normalized spacial score (nSPS) is 16.0. The maximum atomic E-state index is 14.8. The van der Waals surface area contributed by atoms with E-state index in [4.69, 9.17) is 21.7 Å². The summed E-state index contributed by atoms with van der Waals surface area (Å²) in [5, 5.41) is 26.5. The zero-order valence-electron chi connectivity index (χ0n) is 41.8. The third-order valence-electron chi connectivity index (χ3n) is 12.1. The molecule has 0 aliphatic carbocycles. The number of thiazole rings is 1. The van der Waals surface area contributed by atoms with Crippen LogP contribution in [0.3, 0.4) is 0 Å². The van der Waals surface area contributed by atoms with E-state index in [9.17, 15) is 43.5 Å². The van der Waals surface area contributed by atoms with Crippen LogP contribution in [0.2, 0.25) is 0 Å². The number of hydroxylamine groups is 2. The number of unbranched alkanes of at least 4 members (excludes halogenated alkanes) is 1. The number of terminal acetylenes is 1. The lowest BCUT2D eigenvalue weighted by molar-refractivity contribution is -0.213. The van der Waals surface area contributed by atoms with Gasteiger partial charge in [-0.3, -0.25) is 48.1 Å². The van der Waals surface area contributed by atoms with Crippen LogP contribution in [-0.4, -0.2) is 131 Å². The molecule has 21 heteroatoms. The first kappa shape index (κ1) is 58.4. The van der Waals surface area contributed by atoms with Crippen molar-refractivity contribution in [3.63, 3.8) is 0 Å². The molecule has 6 amide bonds. The maximum absolute atomic E-state index is 14.8. The molecule has 70 heavy (non-hydrogen) atoms. The second kappa shape index (κ2) is 28.6. The minimum atomic E-state index is -1.25. The molecule has 0 saturated carbocycles. The number of nitrogens with two attached hydrogens (primary N) is 1. The van der Waals surface area contributed by atoms with Gasteiger partial charge in [-0.25, -0.2) is 10.0 Å². The van der Waals surface area contributed by atoms with Crippen molar-refractivity contribution in [2.45, 2.75) is 137 Å². The van der Waals surface area contributed by atoms with Gasteiger partial charge in [0.2, 0.25) is 23.6 Å². The third kappa shape index (κ3) is 18.8. The number of rotatable bonds is 28. The fourth-order valence-corrected chi connectivity index (χ4v) is 8.62. The van der Waals surface area contributed by atoms with Crippen molar-refractivity contribution >= 4 is 64.4 Å². The van der Waals surface area contributed by atoms with Gasteiger partial charge in [0.25, 0.3) is 11.8 Å². The second-order valence-corrected chi connectivity index (χ2v) is 19.5. The summed E-state index contributed by atoms with van der Waals surface area (Å²) in [6.07, 6.45) is 8.75. The molecule has 1 aromatic carbocycles. The summed E-state index contributed by atoms with van der Waals surface area (Å²) >= 11 is 1.08. The smallest absolute Gasteiger partial charge is 0.309 e. The van der Waals surface area contributed by atoms with Gasteiger partial charge in [-0.15, -0.1) is 23.7 Å². The first-order valence-electron chi connectivity index (χ1n) is 23.8. The Labute approximate surface area is 415 Å². The topological polar surface area (TPSA) is 281 Å². The number of aliphatic carboxylic acids is 1. The van der Waals surface area contributed by atoms with Crippen molar-refractivity contribution in [3.05, 3.63) is 45.9 Å². The predicted molar refractivity (Wildman–Crippen MR) is 264 cm³/mol. The molecule has 2 aromatic rings. The summed E-state index contributed by atoms with van der Waals surface area (Å²) in [6, 6.07) is 3.93. The summed E-state index contributed by atoms with van der Waals surface area (Å²) in [7, 11) is 1.90. The number of aromatic nitrogens is 1. The Morgan fingerprint density at radius 3 is 2.29 bits per heavy atom. The number of carboxylic acids is 1. The molecule has 2 heterocycles. The SMILES string of the molecule is C#CCCCON(C(=O)[C@@H](NC(=O)[C@H]1CCCCN1C)[C@@H](C)CC)[C@H](C[C@@H](OC(C)=O)c1nc(C(=O)N[C@@H](Cc2ccc(NC(=O)CNC(=O)CNC(=O)CN)cc2)CC(C)(C)C(=O)O)cs1)C(C)C. The lowest BCUT2D eigenvalue weighted by Gasteiger charge is -2.39. The Bertz CT molecular complexity index is 2140. The van der Waals surface area contributed by atoms with E-state index in [-0.39, 0.29) is 80.0 Å². The van der Waals surface area contributed by atoms with Gasteiger partial charge in [0.1, 0.15) is 16.7 Å². The summed E-state index contributed by atoms with van der Waals surface area (Å²) in [5.41, 5.74) is 5.07. The maximum Gasteiger partial charge on any atom is 0.309 e. The molecule has 0 radical (unpaired) electrons. The van der Waals surface area contributed by atoms with Gasteiger partial charge in [0, 0.05) is 36.9 Å². The largest absolute Gasteiger partial charge is 0.481 e. The van der Waals surface area contributed by atoms with E-state index in [1.165, 1.54) is 17.4 Å². The molecule has 6 atom stereocenters. The number of esters is 1. The summed E-state index contributed by atoms with van der Waals surface area (Å²) < 4.78 is 5.85. The highest BCUT2D eigenvalue weighted by atomic mass is 32.1. The molecule has 20 nitrogen and oxygen atoms in total. The van der Waals surface area contributed by atoms with Crippen LogP contribution in [0.1, 0.15) is 127 Å². The van der Waals surface area contributed by atoms with Crippen LogP contribution in [0.5, 0.6) is 0 Å². The first-order chi connectivity index (χ1) is 33.1. The van der Waals surface area contributed by atoms with Crippen LogP contribution in [0.15, 0.2) is 29.6 Å². The van der Waals surface area contributed by atoms with Gasteiger partial charge in [-0.1, -0.05) is 52.7 Å². The molecular weight excluding hydrogens is 923 g/mol. The summed E-state index contributed by atoms with van der Waals surface area (Å²) in [4.78, 5) is 116. The van der Waals surface area contributed by atoms with E-state index in [1.54, 1.807) is 38.1 Å². The average molecular weight is 996 g/mol. The molecule has 386 valence electrons. The van der Waals surface area contributed by atoms with Crippen molar-refractivity contribution < 1.29 is 53.0 Å². The number of hydrogen-bond donors (Lipinski definition) is 7. The van der Waals surface area contributed by atoms with Crippen molar-refractivity contribution in [3.8, 4) is 12.3 Å².